The molecule has 0 amide bonds. The molecule has 0 spiro atoms. The molecule has 3 saturated heterocycles. The van der Waals surface area contributed by atoms with Crippen molar-refractivity contribution in [1.29, 1.82) is 0 Å². The van der Waals surface area contributed by atoms with Crippen molar-refractivity contribution < 1.29 is 114 Å². The van der Waals surface area contributed by atoms with Gasteiger partial charge in [-0.1, -0.05) is 74.0 Å². The first kappa shape index (κ1) is 60.6. The first-order valence-electron chi connectivity index (χ1n) is 27.4. The van der Waals surface area contributed by atoms with Gasteiger partial charge in [0, 0.05) is 17.8 Å². The normalized spacial score (nSPS) is 50.6. The molecule has 77 heavy (non-hydrogen) atoms. The van der Waals surface area contributed by atoms with Gasteiger partial charge < -0.3 is 99.2 Å². The van der Waals surface area contributed by atoms with Crippen LogP contribution in [0.5, 0.6) is 0 Å². The number of aliphatic hydroxyl groups excluding tert-OH is 11. The fourth-order valence-electron chi connectivity index (χ4n) is 16.0. The molecule has 440 valence electrons. The number of fused-ring (bicyclic) bond motifs is 7. The minimum absolute atomic E-state index is 0.135. The summed E-state index contributed by atoms with van der Waals surface area (Å²) in [5.41, 5.74) is -4.74. The van der Waals surface area contributed by atoms with Crippen LogP contribution < -0.4 is 0 Å². The van der Waals surface area contributed by atoms with Crippen LogP contribution >= 0.6 is 0 Å². The number of esters is 2. The van der Waals surface area contributed by atoms with Crippen molar-refractivity contribution in [3.8, 4) is 0 Å². The van der Waals surface area contributed by atoms with E-state index in [9.17, 15) is 75.7 Å². The van der Waals surface area contributed by atoms with Crippen LogP contribution in [-0.4, -0.2) is 216 Å². The number of aliphatic hydroxyl groups is 11. The third-order valence-electron chi connectivity index (χ3n) is 20.9. The highest BCUT2D eigenvalue weighted by Gasteiger charge is 2.76. The molecular weight excluding hydrogens is 1020 g/mol. The van der Waals surface area contributed by atoms with Crippen LogP contribution in [0, 0.1) is 56.2 Å². The molecule has 23 nitrogen and oxygen atoms in total. The molecule has 8 rings (SSSR count). The summed E-state index contributed by atoms with van der Waals surface area (Å²) >= 11 is 0. The summed E-state index contributed by atoms with van der Waals surface area (Å²) in [6.45, 7) is 17.2. The van der Waals surface area contributed by atoms with Gasteiger partial charge >= 0.3 is 17.9 Å². The van der Waals surface area contributed by atoms with Gasteiger partial charge in [-0.2, -0.15) is 0 Å². The minimum Gasteiger partial charge on any atom is -0.479 e. The van der Waals surface area contributed by atoms with Gasteiger partial charge in [-0.05, 0) is 78.9 Å². The Morgan fingerprint density at radius 1 is 0.740 bits per heavy atom. The van der Waals surface area contributed by atoms with Gasteiger partial charge in [-0.15, -0.1) is 0 Å². The zero-order valence-corrected chi connectivity index (χ0v) is 45.8. The quantitative estimate of drug-likeness (QED) is 0.0622. The lowest BCUT2D eigenvalue weighted by atomic mass is 9.32. The number of ether oxygens (including phenoxy) is 8. The SMILES string of the molecule is CCC(C)C(=O)O[C@H]1[C@H](O)[C@@]2(COC(C)=O)C(CC1(C)C)C1=CCC3[C@@]4(C)CC[C@H](O[C@@H]5O[C@H](C(=O)O)[C@@H](O)[C@H](O[C@@H]6OC[C@H](O)[C@H](O)[C@H]6O)[C@H]5O[C@H]5O[C@H](CO)[C@@H](O)[C@H](O)[C@H]5O)C(C)(C)C4CC[C@@]3(C)[C@]1(C)[C@@H](O)[C@H]2O. The molecule has 0 radical (unpaired) electrons. The zero-order valence-electron chi connectivity index (χ0n) is 45.8. The molecule has 4 saturated carbocycles. The predicted molar refractivity (Wildman–Crippen MR) is 263 cm³/mol. The van der Waals surface area contributed by atoms with Crippen LogP contribution in [0.2, 0.25) is 0 Å². The maximum atomic E-state index is 13.4. The second kappa shape index (κ2) is 21.7. The lowest BCUT2D eigenvalue weighted by molar-refractivity contribution is -0.392. The number of carbonyl (C=O) groups excluding carboxylic acids is 2. The summed E-state index contributed by atoms with van der Waals surface area (Å²) in [6.07, 6.45) is -26.9. The molecule has 0 bridgehead atoms. The molecule has 4 unspecified atom stereocenters. The summed E-state index contributed by atoms with van der Waals surface area (Å²) in [6, 6.07) is 0. The van der Waals surface area contributed by atoms with Crippen molar-refractivity contribution in [2.24, 2.45) is 56.2 Å². The second-order valence-corrected chi connectivity index (χ2v) is 25.7. The molecule has 8 aliphatic rings. The van der Waals surface area contributed by atoms with Gasteiger partial charge in [0.05, 0.1) is 42.9 Å². The van der Waals surface area contributed by atoms with E-state index in [1.54, 1.807) is 6.92 Å². The van der Waals surface area contributed by atoms with Crippen molar-refractivity contribution in [3.05, 3.63) is 11.6 Å². The van der Waals surface area contributed by atoms with Crippen molar-refractivity contribution in [2.45, 2.75) is 231 Å². The molecule has 23 heteroatoms. The van der Waals surface area contributed by atoms with Crippen LogP contribution in [0.4, 0.5) is 0 Å². The summed E-state index contributed by atoms with van der Waals surface area (Å²) < 4.78 is 48.1. The smallest absolute Gasteiger partial charge is 0.335 e. The Morgan fingerprint density at radius 2 is 1.39 bits per heavy atom. The minimum atomic E-state index is -2.12. The Morgan fingerprint density at radius 3 is 2.01 bits per heavy atom. The van der Waals surface area contributed by atoms with E-state index in [4.69, 9.17) is 37.9 Å². The summed E-state index contributed by atoms with van der Waals surface area (Å²) in [4.78, 5) is 38.8. The van der Waals surface area contributed by atoms with E-state index in [2.05, 4.69) is 19.9 Å². The van der Waals surface area contributed by atoms with E-state index in [1.807, 2.05) is 41.5 Å². The number of carboxylic acids is 1. The van der Waals surface area contributed by atoms with Crippen molar-refractivity contribution in [3.63, 3.8) is 0 Å². The van der Waals surface area contributed by atoms with Crippen LogP contribution in [0.3, 0.4) is 0 Å². The fraction of sp³-hybridized carbons (Fsp3) is 0.907. The number of hydrogen-bond donors (Lipinski definition) is 12. The molecule has 5 aliphatic carbocycles. The second-order valence-electron chi connectivity index (χ2n) is 25.7. The molecule has 3 aliphatic heterocycles. The average molecular weight is 1100 g/mol. The van der Waals surface area contributed by atoms with Crippen LogP contribution in [0.15, 0.2) is 11.6 Å². The number of allylic oxidation sites excluding steroid dienone is 1. The Balaban J connectivity index is 1.13. The molecule has 0 aromatic carbocycles. The Hall–Kier alpha value is -2.53. The lowest BCUT2D eigenvalue weighted by Gasteiger charge is -2.73. The number of aliphatic carboxylic acids is 1. The van der Waals surface area contributed by atoms with Gasteiger partial charge in [0.1, 0.15) is 79.9 Å². The van der Waals surface area contributed by atoms with E-state index in [-0.39, 0.29) is 11.8 Å². The van der Waals surface area contributed by atoms with Gasteiger partial charge in [-0.25, -0.2) is 4.79 Å². The summed E-state index contributed by atoms with van der Waals surface area (Å²) in [5, 5.41) is 135. The van der Waals surface area contributed by atoms with Crippen molar-refractivity contribution >= 4 is 17.9 Å². The monoisotopic (exact) mass is 1100 g/mol. The molecule has 27 atom stereocenters. The predicted octanol–water partition coefficient (Wildman–Crippen LogP) is -0.604. The third-order valence-corrected chi connectivity index (χ3v) is 20.9. The van der Waals surface area contributed by atoms with Crippen LogP contribution in [-0.2, 0) is 52.3 Å². The maximum Gasteiger partial charge on any atom is 0.335 e. The van der Waals surface area contributed by atoms with E-state index in [0.29, 0.717) is 44.9 Å². The lowest BCUT2D eigenvalue weighted by Crippen LogP contribution is -2.76. The van der Waals surface area contributed by atoms with Crippen molar-refractivity contribution in [1.82, 2.24) is 0 Å². The van der Waals surface area contributed by atoms with E-state index >= 15 is 0 Å². The topological polar surface area (TPSA) is 368 Å². The van der Waals surface area contributed by atoms with E-state index in [1.165, 1.54) is 6.92 Å². The molecule has 0 aromatic rings. The van der Waals surface area contributed by atoms with E-state index in [0.717, 1.165) is 5.57 Å². The zero-order chi connectivity index (χ0) is 57.0. The summed E-state index contributed by atoms with van der Waals surface area (Å²) in [5.74, 6) is -4.19. The fourth-order valence-corrected chi connectivity index (χ4v) is 16.0. The Labute approximate surface area is 448 Å². The van der Waals surface area contributed by atoms with Gasteiger partial charge in [-0.3, -0.25) is 9.59 Å². The van der Waals surface area contributed by atoms with Crippen LogP contribution in [0.1, 0.15) is 114 Å². The first-order chi connectivity index (χ1) is 35.8. The molecule has 3 heterocycles. The standard InChI is InChI=1S/C54H86O23/c1-11-22(2)45(69)77-43-42(66)54(21-71-23(3)56)25(18-49(43,4)5)24-12-13-29-51(8)16-15-30(50(6,7)28(51)14-17-52(29,9)53(24,10)40(64)41(54)65)73-48-39(76-47-35(62)33(60)32(59)27(19-55)72-47)37(36(63)38(75-48)44(67)68)74-46-34(61)31(58)26(57)20-70-46/h12,22,25-43,46-48,55,57-66H,11,13-21H2,1-10H3,(H,67,68)/t22?,25?,26-,27+,28?,29?,30-,31-,32+,33-,34+,35+,36-,37-,38-,39+,40-,41+,42-,43-,46-,47+,48+,51-,52+,53-,54-/m0/s1. The van der Waals surface area contributed by atoms with Gasteiger partial charge in [0.15, 0.2) is 25.0 Å². The number of hydrogen-bond acceptors (Lipinski definition) is 22. The molecule has 12 N–H and O–H groups in total. The molecular formula is C54H86O23. The molecule has 0 aromatic heterocycles. The number of carboxylic acid groups (broad SMARTS) is 1. The Kier molecular flexibility index (Phi) is 17.0. The van der Waals surface area contributed by atoms with Crippen LogP contribution in [0.25, 0.3) is 0 Å². The molecule has 7 fully saturated rings. The van der Waals surface area contributed by atoms with E-state index < -0.39 is 199 Å². The highest BCUT2D eigenvalue weighted by molar-refractivity contribution is 5.73. The third kappa shape index (κ3) is 9.62. The average Bonchev–Trinajstić information content (AvgIpc) is 3.44. The van der Waals surface area contributed by atoms with Gasteiger partial charge in [0.2, 0.25) is 0 Å². The Bertz CT molecular complexity index is 2190. The summed E-state index contributed by atoms with van der Waals surface area (Å²) in [7, 11) is 0. The van der Waals surface area contributed by atoms with Crippen molar-refractivity contribution in [2.75, 3.05) is 19.8 Å². The maximum absolute atomic E-state index is 13.4. The highest BCUT2D eigenvalue weighted by Crippen LogP contribution is 2.76. The number of rotatable bonds is 13. The van der Waals surface area contributed by atoms with Gasteiger partial charge in [0.25, 0.3) is 0 Å². The number of carbonyl (C=O) groups is 3. The largest absolute Gasteiger partial charge is 0.479 e. The highest BCUT2D eigenvalue weighted by atomic mass is 16.8. The first-order valence-corrected chi connectivity index (χ1v) is 27.4.